The molecule has 0 saturated heterocycles. The minimum Gasteiger partial charge on any atom is -0.411 e. The lowest BCUT2D eigenvalue weighted by atomic mass is 9.86. The Bertz CT molecular complexity index is 699. The molecule has 2 aromatic rings. The Morgan fingerprint density at radius 3 is 2.72 bits per heavy atom. The number of hydrogen-bond donors (Lipinski definition) is 1. The number of carbonyl (C=O) groups excluding carboxylic acids is 1. The number of carbonyl (C=O) groups is 1. The molecule has 1 aromatic carbocycles. The van der Waals surface area contributed by atoms with Crippen molar-refractivity contribution in [1.82, 2.24) is 15.5 Å². The molecule has 5 nitrogen and oxygen atoms in total. The average Bonchev–Trinajstić information content (AvgIpc) is 3.11. The maximum Gasteiger partial charge on any atom is 0.277 e. The number of nitrogens with one attached hydrogen (secondary N) is 1. The van der Waals surface area contributed by atoms with Crippen LogP contribution in [0.1, 0.15) is 45.1 Å². The van der Waals surface area contributed by atoms with Crippen molar-refractivity contribution in [2.24, 2.45) is 5.92 Å². The summed E-state index contributed by atoms with van der Waals surface area (Å²) in [6.07, 6.45) is 5.75. The number of hydrogen-bond acceptors (Lipinski definition) is 5. The second kappa shape index (κ2) is 8.52. The van der Waals surface area contributed by atoms with Gasteiger partial charge in [-0.1, -0.05) is 50.6 Å². The molecule has 0 bridgehead atoms. The van der Waals surface area contributed by atoms with Crippen molar-refractivity contribution in [2.45, 2.75) is 57.2 Å². The van der Waals surface area contributed by atoms with Crippen LogP contribution in [0.15, 0.2) is 33.9 Å². The summed E-state index contributed by atoms with van der Waals surface area (Å²) < 4.78 is 5.67. The molecule has 1 saturated carbocycles. The highest BCUT2D eigenvalue weighted by Crippen LogP contribution is 2.25. The number of aryl methyl sites for hydroxylation is 1. The number of amides is 1. The van der Waals surface area contributed by atoms with Gasteiger partial charge in [0.2, 0.25) is 11.8 Å². The molecule has 6 heteroatoms. The third-order valence-electron chi connectivity index (χ3n) is 4.80. The number of rotatable bonds is 6. The van der Waals surface area contributed by atoms with Gasteiger partial charge in [-0.25, -0.2) is 0 Å². The van der Waals surface area contributed by atoms with E-state index in [0.717, 1.165) is 18.4 Å². The van der Waals surface area contributed by atoms with Gasteiger partial charge >= 0.3 is 0 Å². The molecule has 1 amide bonds. The highest BCUT2D eigenvalue weighted by Gasteiger charge is 2.23. The van der Waals surface area contributed by atoms with Crippen LogP contribution in [0, 0.1) is 5.92 Å². The van der Waals surface area contributed by atoms with Crippen LogP contribution >= 0.6 is 11.8 Å². The maximum absolute atomic E-state index is 12.2. The van der Waals surface area contributed by atoms with Crippen LogP contribution < -0.4 is 5.32 Å². The Morgan fingerprint density at radius 2 is 2.00 bits per heavy atom. The molecular weight excluding hydrogens is 334 g/mol. The zero-order valence-corrected chi connectivity index (χ0v) is 15.6. The van der Waals surface area contributed by atoms with Gasteiger partial charge in [-0.2, -0.15) is 0 Å². The summed E-state index contributed by atoms with van der Waals surface area (Å²) in [6.45, 7) is 4.33. The quantitative estimate of drug-likeness (QED) is 0.787. The van der Waals surface area contributed by atoms with Gasteiger partial charge in [0.1, 0.15) is 0 Å². The SMILES string of the molecule is CCc1ccc(-c2nnc(SCC(=O)N[C@H]3CCCC[C@@H]3C)o2)cc1. The molecule has 3 rings (SSSR count). The van der Waals surface area contributed by atoms with Gasteiger partial charge in [0.25, 0.3) is 5.22 Å². The van der Waals surface area contributed by atoms with Crippen molar-refractivity contribution >= 4 is 17.7 Å². The summed E-state index contributed by atoms with van der Waals surface area (Å²) in [4.78, 5) is 12.2. The zero-order valence-electron chi connectivity index (χ0n) is 14.8. The third kappa shape index (κ3) is 4.84. The lowest BCUT2D eigenvalue weighted by Crippen LogP contribution is -2.41. The highest BCUT2D eigenvalue weighted by molar-refractivity contribution is 7.99. The topological polar surface area (TPSA) is 68.0 Å². The van der Waals surface area contributed by atoms with Crippen molar-refractivity contribution in [3.8, 4) is 11.5 Å². The fourth-order valence-corrected chi connectivity index (χ4v) is 3.75. The first kappa shape index (κ1) is 18.0. The van der Waals surface area contributed by atoms with E-state index in [1.165, 1.54) is 36.6 Å². The van der Waals surface area contributed by atoms with E-state index in [1.54, 1.807) is 0 Å². The molecule has 0 unspecified atom stereocenters. The largest absolute Gasteiger partial charge is 0.411 e. The molecule has 1 aromatic heterocycles. The normalized spacial score (nSPS) is 20.4. The standard InChI is InChI=1S/C19H25N3O2S/c1-3-14-8-10-15(11-9-14)18-21-22-19(24-18)25-12-17(23)20-16-7-5-4-6-13(16)2/h8-11,13,16H,3-7,12H2,1-2H3,(H,20,23)/t13-,16-/m0/s1. The van der Waals surface area contributed by atoms with Crippen LogP contribution in [0.4, 0.5) is 0 Å². The van der Waals surface area contributed by atoms with Crippen LogP contribution in [0.2, 0.25) is 0 Å². The minimum absolute atomic E-state index is 0.0378. The molecule has 1 fully saturated rings. The molecule has 0 radical (unpaired) electrons. The van der Waals surface area contributed by atoms with Crippen molar-refractivity contribution in [2.75, 3.05) is 5.75 Å². The predicted octanol–water partition coefficient (Wildman–Crippen LogP) is 4.09. The number of nitrogens with zero attached hydrogens (tertiary/aromatic N) is 2. The van der Waals surface area contributed by atoms with Crippen LogP contribution in [0.3, 0.4) is 0 Å². The van der Waals surface area contributed by atoms with Gasteiger partial charge in [-0.3, -0.25) is 4.79 Å². The lowest BCUT2D eigenvalue weighted by Gasteiger charge is -2.29. The van der Waals surface area contributed by atoms with E-state index in [-0.39, 0.29) is 5.91 Å². The van der Waals surface area contributed by atoms with Gasteiger partial charge in [0, 0.05) is 11.6 Å². The minimum atomic E-state index is 0.0378. The van der Waals surface area contributed by atoms with Gasteiger partial charge < -0.3 is 9.73 Å². The lowest BCUT2D eigenvalue weighted by molar-refractivity contribution is -0.119. The second-order valence-corrected chi connectivity index (χ2v) is 7.57. The molecule has 2 atom stereocenters. The van der Waals surface area contributed by atoms with Crippen LogP contribution in [-0.4, -0.2) is 27.9 Å². The van der Waals surface area contributed by atoms with Gasteiger partial charge in [0.15, 0.2) is 0 Å². The van der Waals surface area contributed by atoms with Crippen molar-refractivity contribution in [3.63, 3.8) is 0 Å². The fraction of sp³-hybridized carbons (Fsp3) is 0.526. The Kier molecular flexibility index (Phi) is 6.13. The molecule has 1 aliphatic carbocycles. The predicted molar refractivity (Wildman–Crippen MR) is 99.4 cm³/mol. The highest BCUT2D eigenvalue weighted by atomic mass is 32.2. The third-order valence-corrected chi connectivity index (χ3v) is 5.62. The van der Waals surface area contributed by atoms with E-state index in [0.29, 0.717) is 28.8 Å². The van der Waals surface area contributed by atoms with Crippen molar-refractivity contribution in [1.29, 1.82) is 0 Å². The molecule has 1 heterocycles. The molecule has 0 aliphatic heterocycles. The smallest absolute Gasteiger partial charge is 0.277 e. The summed E-state index contributed by atoms with van der Waals surface area (Å²) in [5.74, 6) is 1.39. The average molecular weight is 359 g/mol. The Morgan fingerprint density at radius 1 is 1.24 bits per heavy atom. The summed E-state index contributed by atoms with van der Waals surface area (Å²) in [5.41, 5.74) is 2.17. The number of aromatic nitrogens is 2. The molecule has 1 N–H and O–H groups in total. The van der Waals surface area contributed by atoms with Crippen LogP contribution in [0.5, 0.6) is 0 Å². The van der Waals surface area contributed by atoms with E-state index in [2.05, 4.69) is 41.5 Å². The van der Waals surface area contributed by atoms with Crippen molar-refractivity contribution < 1.29 is 9.21 Å². The maximum atomic E-state index is 12.2. The fourth-order valence-electron chi connectivity index (χ4n) is 3.17. The summed E-state index contributed by atoms with van der Waals surface area (Å²) in [6, 6.07) is 8.39. The summed E-state index contributed by atoms with van der Waals surface area (Å²) in [5, 5.41) is 11.7. The van der Waals surface area contributed by atoms with E-state index >= 15 is 0 Å². The Labute approximate surface area is 153 Å². The molecule has 1 aliphatic rings. The Balaban J connectivity index is 1.51. The van der Waals surface area contributed by atoms with Crippen molar-refractivity contribution in [3.05, 3.63) is 29.8 Å². The number of benzene rings is 1. The molecule has 0 spiro atoms. The molecular formula is C19H25N3O2S. The van der Waals surface area contributed by atoms with Crippen LogP contribution in [0.25, 0.3) is 11.5 Å². The monoisotopic (exact) mass is 359 g/mol. The zero-order chi connectivity index (χ0) is 17.6. The number of thioether (sulfide) groups is 1. The first-order chi connectivity index (χ1) is 12.2. The summed E-state index contributed by atoms with van der Waals surface area (Å²) >= 11 is 1.29. The first-order valence-corrected chi connectivity index (χ1v) is 9.99. The second-order valence-electron chi connectivity index (χ2n) is 6.65. The summed E-state index contributed by atoms with van der Waals surface area (Å²) in [7, 11) is 0. The van der Waals surface area contributed by atoms with Gasteiger partial charge in [0.05, 0.1) is 5.75 Å². The Hall–Kier alpha value is -1.82. The van der Waals surface area contributed by atoms with E-state index in [4.69, 9.17) is 4.42 Å². The molecule has 25 heavy (non-hydrogen) atoms. The van der Waals surface area contributed by atoms with E-state index in [1.807, 2.05) is 12.1 Å². The first-order valence-electron chi connectivity index (χ1n) is 9.00. The van der Waals surface area contributed by atoms with Gasteiger partial charge in [-0.15, -0.1) is 10.2 Å². The van der Waals surface area contributed by atoms with E-state index < -0.39 is 0 Å². The van der Waals surface area contributed by atoms with Crippen LogP contribution in [-0.2, 0) is 11.2 Å². The van der Waals surface area contributed by atoms with E-state index in [9.17, 15) is 4.79 Å². The van der Waals surface area contributed by atoms with Gasteiger partial charge in [-0.05, 0) is 42.9 Å². The molecule has 134 valence electrons.